The number of sulfone groups is 1. The number of ether oxygens (including phenoxy) is 3. The highest BCUT2D eigenvalue weighted by atomic mass is 32.2. The second-order valence-corrected chi connectivity index (χ2v) is 11.8. The molecule has 0 spiro atoms. The Labute approximate surface area is 229 Å². The minimum absolute atomic E-state index is 0.122. The lowest BCUT2D eigenvalue weighted by atomic mass is 9.99. The lowest BCUT2D eigenvalue weighted by Gasteiger charge is -2.23. The lowest BCUT2D eigenvalue weighted by Crippen LogP contribution is -2.35. The van der Waals surface area contributed by atoms with Crippen molar-refractivity contribution in [2.24, 2.45) is 0 Å². The fraction of sp³-hybridized carbons (Fsp3) is 0.290. The Hall–Kier alpha value is -3.75. The molecule has 5 rings (SSSR count). The zero-order valence-corrected chi connectivity index (χ0v) is 23.0. The van der Waals surface area contributed by atoms with Crippen molar-refractivity contribution in [1.29, 1.82) is 0 Å². The maximum absolute atomic E-state index is 12.2. The molecule has 1 aliphatic heterocycles. The Morgan fingerprint density at radius 3 is 2.46 bits per heavy atom. The summed E-state index contributed by atoms with van der Waals surface area (Å²) >= 11 is 0. The molecule has 8 heteroatoms. The molecule has 7 nitrogen and oxygen atoms in total. The summed E-state index contributed by atoms with van der Waals surface area (Å²) in [7, 11) is -2.01. The second kappa shape index (κ2) is 11.6. The number of hydrogen-bond donors (Lipinski definition) is 2. The van der Waals surface area contributed by atoms with Gasteiger partial charge in [-0.3, -0.25) is 0 Å². The molecule has 0 saturated carbocycles. The van der Waals surface area contributed by atoms with E-state index in [0.717, 1.165) is 46.9 Å². The van der Waals surface area contributed by atoms with Crippen molar-refractivity contribution < 1.29 is 27.7 Å². The van der Waals surface area contributed by atoms with Gasteiger partial charge in [0.2, 0.25) is 0 Å². The van der Waals surface area contributed by atoms with Crippen LogP contribution in [0.4, 0.5) is 0 Å². The highest BCUT2D eigenvalue weighted by molar-refractivity contribution is 7.90. The van der Waals surface area contributed by atoms with Crippen LogP contribution in [0.5, 0.6) is 28.7 Å². The first-order valence-corrected chi connectivity index (χ1v) is 15.0. The molecule has 1 heterocycles. The molecular formula is C31H33NO6S. The van der Waals surface area contributed by atoms with E-state index in [9.17, 15) is 13.5 Å². The van der Waals surface area contributed by atoms with Gasteiger partial charge in [0.05, 0.1) is 13.7 Å². The van der Waals surface area contributed by atoms with Crippen molar-refractivity contribution in [3.63, 3.8) is 0 Å². The predicted molar refractivity (Wildman–Crippen MR) is 153 cm³/mol. The molecule has 39 heavy (non-hydrogen) atoms. The molecule has 0 aliphatic carbocycles. The second-order valence-electron chi connectivity index (χ2n) is 9.84. The zero-order valence-electron chi connectivity index (χ0n) is 22.1. The molecule has 4 aromatic carbocycles. The molecule has 1 fully saturated rings. The fourth-order valence-electron chi connectivity index (χ4n) is 4.98. The number of hydrogen-bond acceptors (Lipinski definition) is 7. The minimum atomic E-state index is -3.46. The molecule has 1 saturated heterocycles. The van der Waals surface area contributed by atoms with E-state index in [0.29, 0.717) is 24.1 Å². The molecule has 0 radical (unpaired) electrons. The minimum Gasteiger partial charge on any atom is -0.508 e. The Morgan fingerprint density at radius 1 is 0.949 bits per heavy atom. The summed E-state index contributed by atoms with van der Waals surface area (Å²) in [5.74, 6) is 2.40. The van der Waals surface area contributed by atoms with Crippen molar-refractivity contribution in [2.75, 3.05) is 26.5 Å². The van der Waals surface area contributed by atoms with Crippen molar-refractivity contribution in [3.05, 3.63) is 72.8 Å². The molecule has 0 amide bonds. The van der Waals surface area contributed by atoms with Gasteiger partial charge in [-0.2, -0.15) is 0 Å². The first kappa shape index (κ1) is 26.8. The average Bonchev–Trinajstić information content (AvgIpc) is 2.93. The van der Waals surface area contributed by atoms with Crippen molar-refractivity contribution >= 4 is 20.6 Å². The highest BCUT2D eigenvalue weighted by Gasteiger charge is 2.19. The number of benzene rings is 4. The predicted octanol–water partition coefficient (Wildman–Crippen LogP) is 6.33. The van der Waals surface area contributed by atoms with Gasteiger partial charge in [0.15, 0.2) is 9.84 Å². The molecule has 1 atom stereocenters. The Morgan fingerprint density at radius 2 is 1.74 bits per heavy atom. The molecule has 4 aromatic rings. The van der Waals surface area contributed by atoms with Gasteiger partial charge in [-0.1, -0.05) is 18.6 Å². The molecule has 1 aliphatic rings. The summed E-state index contributed by atoms with van der Waals surface area (Å²) in [6, 6.07) is 21.9. The van der Waals surface area contributed by atoms with Crippen LogP contribution in [-0.4, -0.2) is 46.1 Å². The first-order chi connectivity index (χ1) is 18.8. The van der Waals surface area contributed by atoms with Crippen LogP contribution in [0.2, 0.25) is 0 Å². The van der Waals surface area contributed by atoms with Gasteiger partial charge in [-0.25, -0.2) is 8.42 Å². The maximum Gasteiger partial charge on any atom is 0.179 e. The van der Waals surface area contributed by atoms with E-state index in [-0.39, 0.29) is 16.4 Å². The van der Waals surface area contributed by atoms with E-state index in [1.54, 1.807) is 30.3 Å². The van der Waals surface area contributed by atoms with Crippen LogP contribution in [0.3, 0.4) is 0 Å². The van der Waals surface area contributed by atoms with Gasteiger partial charge in [-0.15, -0.1) is 0 Å². The largest absolute Gasteiger partial charge is 0.508 e. The van der Waals surface area contributed by atoms with Gasteiger partial charge in [0, 0.05) is 23.2 Å². The molecule has 0 aromatic heterocycles. The third kappa shape index (κ3) is 6.29. The Kier molecular flexibility index (Phi) is 7.95. The van der Waals surface area contributed by atoms with Crippen LogP contribution in [0.1, 0.15) is 25.7 Å². The summed E-state index contributed by atoms with van der Waals surface area (Å²) in [5.41, 5.74) is 1.49. The number of phenolic OH excluding ortho intramolecular Hbond substituents is 1. The number of phenols is 1. The van der Waals surface area contributed by atoms with E-state index in [1.807, 2.05) is 42.5 Å². The van der Waals surface area contributed by atoms with Gasteiger partial charge in [0.25, 0.3) is 0 Å². The maximum atomic E-state index is 12.2. The van der Waals surface area contributed by atoms with E-state index < -0.39 is 9.84 Å². The quantitative estimate of drug-likeness (QED) is 0.253. The normalized spacial score (nSPS) is 15.7. The molecule has 1 unspecified atom stereocenters. The summed E-state index contributed by atoms with van der Waals surface area (Å²) in [6.45, 7) is 1.74. The molecule has 0 bridgehead atoms. The van der Waals surface area contributed by atoms with Crippen LogP contribution in [0, 0.1) is 0 Å². The SMILES string of the molecule is COc1cc(-c2ccc3cc(O)ccc3c2Oc2ccc(OCCC3CCCCN3)cc2)ccc1S(C)(=O)=O. The van der Waals surface area contributed by atoms with Crippen LogP contribution in [0.15, 0.2) is 77.7 Å². The van der Waals surface area contributed by atoms with Gasteiger partial charge >= 0.3 is 0 Å². The van der Waals surface area contributed by atoms with Gasteiger partial charge in [0.1, 0.15) is 33.6 Å². The van der Waals surface area contributed by atoms with E-state index in [1.165, 1.54) is 26.4 Å². The standard InChI is InChI=1S/C31H33NO6S/c1-36-29-20-22(7-15-30(29)39(2,34)35)27-13-6-21-19-24(33)8-14-28(21)31(27)38-26-11-9-25(10-12-26)37-18-16-23-5-3-4-17-32-23/h6-15,19-20,23,32-33H,3-5,16-18H2,1-2H3. The highest BCUT2D eigenvalue weighted by Crippen LogP contribution is 2.42. The number of rotatable bonds is 9. The van der Waals surface area contributed by atoms with Crippen LogP contribution in [-0.2, 0) is 9.84 Å². The smallest absolute Gasteiger partial charge is 0.179 e. The Bertz CT molecular complexity index is 1560. The van der Waals surface area contributed by atoms with Gasteiger partial charge < -0.3 is 24.6 Å². The third-order valence-electron chi connectivity index (χ3n) is 7.02. The number of aromatic hydroxyl groups is 1. The van der Waals surface area contributed by atoms with Crippen LogP contribution in [0.25, 0.3) is 21.9 Å². The van der Waals surface area contributed by atoms with Crippen molar-refractivity contribution in [1.82, 2.24) is 5.32 Å². The fourth-order valence-corrected chi connectivity index (χ4v) is 5.80. The number of methoxy groups -OCH3 is 1. The molecular weight excluding hydrogens is 514 g/mol. The van der Waals surface area contributed by atoms with E-state index >= 15 is 0 Å². The Balaban J connectivity index is 1.43. The van der Waals surface area contributed by atoms with Crippen molar-refractivity contribution in [2.45, 2.75) is 36.6 Å². The number of fused-ring (bicyclic) bond motifs is 1. The monoisotopic (exact) mass is 547 g/mol. The average molecular weight is 548 g/mol. The third-order valence-corrected chi connectivity index (χ3v) is 8.16. The molecule has 204 valence electrons. The van der Waals surface area contributed by atoms with Crippen LogP contribution < -0.4 is 19.5 Å². The number of nitrogens with one attached hydrogen (secondary N) is 1. The summed E-state index contributed by atoms with van der Waals surface area (Å²) in [4.78, 5) is 0.122. The summed E-state index contributed by atoms with van der Waals surface area (Å²) in [6.07, 6.45) is 5.85. The summed E-state index contributed by atoms with van der Waals surface area (Å²) in [5, 5.41) is 15.2. The lowest BCUT2D eigenvalue weighted by molar-refractivity contribution is 0.268. The van der Waals surface area contributed by atoms with E-state index in [4.69, 9.17) is 14.2 Å². The number of piperidine rings is 1. The van der Waals surface area contributed by atoms with Crippen molar-refractivity contribution in [3.8, 4) is 39.9 Å². The molecule has 2 N–H and O–H groups in total. The zero-order chi connectivity index (χ0) is 27.4. The van der Waals surface area contributed by atoms with E-state index in [2.05, 4.69) is 5.32 Å². The topological polar surface area (TPSA) is 94.1 Å². The van der Waals surface area contributed by atoms with Crippen LogP contribution >= 0.6 is 0 Å². The first-order valence-electron chi connectivity index (χ1n) is 13.1. The summed E-state index contributed by atoms with van der Waals surface area (Å²) < 4.78 is 42.2. The van der Waals surface area contributed by atoms with Gasteiger partial charge in [-0.05, 0) is 97.4 Å².